The zero-order chi connectivity index (χ0) is 20.4. The second-order valence-electron chi connectivity index (χ2n) is 7.76. The Morgan fingerprint density at radius 3 is 1.86 bits per heavy atom. The molecule has 1 aromatic carbocycles. The zero-order valence-corrected chi connectivity index (χ0v) is 18.9. The summed E-state index contributed by atoms with van der Waals surface area (Å²) < 4.78 is 28.1. The van der Waals surface area contributed by atoms with E-state index in [2.05, 4.69) is 42.9 Å². The molecule has 2 saturated heterocycles. The van der Waals surface area contributed by atoms with Gasteiger partial charge in [0.1, 0.15) is 0 Å². The molecule has 4 rings (SSSR count). The molecule has 0 N–H and O–H groups in total. The van der Waals surface area contributed by atoms with Crippen molar-refractivity contribution >= 4 is 37.6 Å². The van der Waals surface area contributed by atoms with Crippen molar-refractivity contribution in [1.82, 2.24) is 14.5 Å². The topological polar surface area (TPSA) is 69.6 Å². The first-order valence-electron chi connectivity index (χ1n) is 10.0. The first kappa shape index (κ1) is 20.6. The highest BCUT2D eigenvalue weighted by molar-refractivity contribution is 9.10. The molecule has 0 aliphatic carbocycles. The van der Waals surface area contributed by atoms with Crippen LogP contribution in [-0.4, -0.2) is 62.2 Å². The van der Waals surface area contributed by atoms with Crippen molar-refractivity contribution < 1.29 is 8.42 Å². The molecule has 9 heteroatoms. The van der Waals surface area contributed by atoms with Crippen molar-refractivity contribution in [3.05, 3.63) is 40.9 Å². The average Bonchev–Trinajstić information content (AvgIpc) is 2.75. The van der Waals surface area contributed by atoms with Crippen molar-refractivity contribution in [1.29, 1.82) is 0 Å². The lowest BCUT2D eigenvalue weighted by Crippen LogP contribution is -2.49. The van der Waals surface area contributed by atoms with Gasteiger partial charge in [-0.25, -0.2) is 8.42 Å². The Labute approximate surface area is 180 Å². The molecule has 0 saturated carbocycles. The van der Waals surface area contributed by atoms with E-state index in [1.165, 1.54) is 12.8 Å². The van der Waals surface area contributed by atoms with E-state index in [1.54, 1.807) is 28.6 Å². The van der Waals surface area contributed by atoms with E-state index in [0.717, 1.165) is 35.1 Å². The highest BCUT2D eigenvalue weighted by Gasteiger charge is 2.29. The number of nitrogens with zero attached hydrogens (tertiary/aromatic N) is 5. The predicted octanol–water partition coefficient (Wildman–Crippen LogP) is 2.99. The third-order valence-corrected chi connectivity index (χ3v) is 8.20. The highest BCUT2D eigenvalue weighted by atomic mass is 79.9. The van der Waals surface area contributed by atoms with Crippen LogP contribution in [0.4, 0.5) is 11.6 Å². The number of benzene rings is 1. The summed E-state index contributed by atoms with van der Waals surface area (Å²) >= 11 is 3.34. The lowest BCUT2D eigenvalue weighted by molar-refractivity contribution is 0.383. The molecule has 2 aliphatic rings. The molecular formula is C20H26BrN5O2S. The van der Waals surface area contributed by atoms with Crippen molar-refractivity contribution in [3.8, 4) is 0 Å². The molecule has 2 aromatic rings. The smallest absolute Gasteiger partial charge is 0.243 e. The van der Waals surface area contributed by atoms with Crippen LogP contribution >= 0.6 is 15.9 Å². The van der Waals surface area contributed by atoms with Crippen molar-refractivity contribution in [2.45, 2.75) is 24.7 Å². The summed E-state index contributed by atoms with van der Waals surface area (Å²) in [6.07, 6.45) is 2.39. The SMILES string of the molecule is CC1CCN(c2ccc(N3CCN(S(=O)(=O)c4ccc(Br)cc4)CC3)nn2)CC1. The van der Waals surface area contributed by atoms with Crippen LogP contribution in [0.5, 0.6) is 0 Å². The highest BCUT2D eigenvalue weighted by Crippen LogP contribution is 2.24. The monoisotopic (exact) mass is 479 g/mol. The molecule has 0 atom stereocenters. The maximum atomic E-state index is 12.8. The fourth-order valence-corrected chi connectivity index (χ4v) is 5.49. The summed E-state index contributed by atoms with van der Waals surface area (Å²) in [5, 5.41) is 8.84. The molecule has 7 nitrogen and oxygen atoms in total. The van der Waals surface area contributed by atoms with Crippen LogP contribution in [0, 0.1) is 5.92 Å². The van der Waals surface area contributed by atoms with E-state index < -0.39 is 10.0 Å². The Bertz CT molecular complexity index is 920. The van der Waals surface area contributed by atoms with Gasteiger partial charge in [-0.1, -0.05) is 22.9 Å². The number of anilines is 2. The molecule has 2 aliphatic heterocycles. The van der Waals surface area contributed by atoms with Gasteiger partial charge < -0.3 is 9.80 Å². The van der Waals surface area contributed by atoms with Gasteiger partial charge in [-0.2, -0.15) is 4.31 Å². The number of rotatable bonds is 4. The number of hydrogen-bond acceptors (Lipinski definition) is 6. The minimum atomic E-state index is -3.47. The maximum absolute atomic E-state index is 12.8. The Hall–Kier alpha value is -1.71. The normalized spacial score (nSPS) is 19.5. The summed E-state index contributed by atoms with van der Waals surface area (Å²) in [4.78, 5) is 4.72. The Kier molecular flexibility index (Phi) is 6.08. The molecule has 0 radical (unpaired) electrons. The summed E-state index contributed by atoms with van der Waals surface area (Å²) in [7, 11) is -3.47. The Morgan fingerprint density at radius 2 is 1.34 bits per heavy atom. The Balaban J connectivity index is 1.37. The van der Waals surface area contributed by atoms with E-state index in [-0.39, 0.29) is 0 Å². The minimum Gasteiger partial charge on any atom is -0.355 e. The molecule has 29 heavy (non-hydrogen) atoms. The second-order valence-corrected chi connectivity index (χ2v) is 10.6. The summed E-state index contributed by atoms with van der Waals surface area (Å²) in [6.45, 7) is 6.43. The van der Waals surface area contributed by atoms with Crippen LogP contribution in [0.15, 0.2) is 45.8 Å². The molecule has 0 unspecified atom stereocenters. The molecule has 1 aromatic heterocycles. The van der Waals surface area contributed by atoms with Crippen LogP contribution in [-0.2, 0) is 10.0 Å². The molecule has 0 amide bonds. The van der Waals surface area contributed by atoms with Crippen LogP contribution in [0.25, 0.3) is 0 Å². The third-order valence-electron chi connectivity index (χ3n) is 5.76. The van der Waals surface area contributed by atoms with Gasteiger partial charge in [0.05, 0.1) is 4.90 Å². The van der Waals surface area contributed by atoms with E-state index in [4.69, 9.17) is 0 Å². The fourth-order valence-electron chi connectivity index (χ4n) is 3.81. The van der Waals surface area contributed by atoms with E-state index in [9.17, 15) is 8.42 Å². The van der Waals surface area contributed by atoms with Crippen LogP contribution in [0.1, 0.15) is 19.8 Å². The lowest BCUT2D eigenvalue weighted by Gasteiger charge is -2.35. The molecule has 0 bridgehead atoms. The first-order valence-corrected chi connectivity index (χ1v) is 12.3. The van der Waals surface area contributed by atoms with Gasteiger partial charge in [-0.3, -0.25) is 0 Å². The second kappa shape index (κ2) is 8.57. The van der Waals surface area contributed by atoms with E-state index >= 15 is 0 Å². The maximum Gasteiger partial charge on any atom is 0.243 e. The van der Waals surface area contributed by atoms with E-state index in [1.807, 2.05) is 12.1 Å². The van der Waals surface area contributed by atoms with Gasteiger partial charge >= 0.3 is 0 Å². The fraction of sp³-hybridized carbons (Fsp3) is 0.500. The lowest BCUT2D eigenvalue weighted by atomic mass is 9.99. The standard InChI is InChI=1S/C20H26BrN5O2S/c1-16-8-10-24(11-9-16)19-6-7-20(23-22-19)25-12-14-26(15-13-25)29(27,28)18-4-2-17(21)3-5-18/h2-7,16H,8-15H2,1H3. The predicted molar refractivity (Wildman–Crippen MR) is 118 cm³/mol. The van der Waals surface area contributed by atoms with Crippen LogP contribution in [0.3, 0.4) is 0 Å². The molecular weight excluding hydrogens is 454 g/mol. The van der Waals surface area contributed by atoms with E-state index in [0.29, 0.717) is 31.1 Å². The average molecular weight is 480 g/mol. The number of aromatic nitrogens is 2. The Morgan fingerprint density at radius 1 is 0.828 bits per heavy atom. The first-order chi connectivity index (χ1) is 13.9. The van der Waals surface area contributed by atoms with Gasteiger partial charge in [-0.15, -0.1) is 10.2 Å². The summed E-state index contributed by atoms with van der Waals surface area (Å²) in [5.74, 6) is 2.51. The van der Waals surface area contributed by atoms with Crippen LogP contribution in [0.2, 0.25) is 0 Å². The largest absolute Gasteiger partial charge is 0.355 e. The van der Waals surface area contributed by atoms with Crippen molar-refractivity contribution in [2.24, 2.45) is 5.92 Å². The van der Waals surface area contributed by atoms with Gasteiger partial charge in [0.2, 0.25) is 10.0 Å². The minimum absolute atomic E-state index is 0.328. The number of hydrogen-bond donors (Lipinski definition) is 0. The summed E-state index contributed by atoms with van der Waals surface area (Å²) in [5.41, 5.74) is 0. The van der Waals surface area contributed by atoms with Crippen LogP contribution < -0.4 is 9.80 Å². The molecule has 2 fully saturated rings. The third kappa shape index (κ3) is 4.57. The van der Waals surface area contributed by atoms with Crippen molar-refractivity contribution in [2.75, 3.05) is 49.1 Å². The number of halogens is 1. The molecule has 156 valence electrons. The number of sulfonamides is 1. The zero-order valence-electron chi connectivity index (χ0n) is 16.5. The van der Waals surface area contributed by atoms with Gasteiger partial charge in [0.15, 0.2) is 11.6 Å². The quantitative estimate of drug-likeness (QED) is 0.671. The molecule has 3 heterocycles. The van der Waals surface area contributed by atoms with Gasteiger partial charge in [0, 0.05) is 43.7 Å². The number of piperidine rings is 1. The van der Waals surface area contributed by atoms with Crippen molar-refractivity contribution in [3.63, 3.8) is 0 Å². The molecule has 0 spiro atoms. The summed E-state index contributed by atoms with van der Waals surface area (Å²) in [6, 6.07) is 10.8. The van der Waals surface area contributed by atoms with Gasteiger partial charge in [0.25, 0.3) is 0 Å². The van der Waals surface area contributed by atoms with Gasteiger partial charge in [-0.05, 0) is 55.2 Å². The number of piperazine rings is 1.